The highest BCUT2D eigenvalue weighted by Gasteiger charge is 2.34. The molecule has 1 aromatic rings. The van der Waals surface area contributed by atoms with Crippen molar-refractivity contribution in [3.8, 4) is 0 Å². The van der Waals surface area contributed by atoms with Crippen molar-refractivity contribution >= 4 is 5.97 Å². The molecule has 1 rings (SSSR count). The maximum absolute atomic E-state index is 12.0. The molecule has 0 aromatic heterocycles. The second-order valence-corrected chi connectivity index (χ2v) is 6.34. The molecule has 0 spiro atoms. The molecule has 0 saturated carbocycles. The molecule has 1 aromatic carbocycles. The predicted octanol–water partition coefficient (Wildman–Crippen LogP) is 2.94. The molecule has 0 bridgehead atoms. The Kier molecular flexibility index (Phi) is 6.37. The summed E-state index contributed by atoms with van der Waals surface area (Å²) in [6.07, 6.45) is -0.124. The van der Waals surface area contributed by atoms with Crippen molar-refractivity contribution < 1.29 is 14.3 Å². The van der Waals surface area contributed by atoms with E-state index in [9.17, 15) is 4.79 Å². The molecule has 0 amide bonds. The third-order valence-corrected chi connectivity index (χ3v) is 3.57. The minimum absolute atomic E-state index is 0.0271. The van der Waals surface area contributed by atoms with Crippen molar-refractivity contribution in [2.24, 2.45) is 5.41 Å². The van der Waals surface area contributed by atoms with Gasteiger partial charge in [-0.05, 0) is 17.9 Å². The molecule has 0 aliphatic rings. The van der Waals surface area contributed by atoms with Crippen LogP contribution in [0.15, 0.2) is 30.3 Å². The minimum Gasteiger partial charge on any atom is -0.468 e. The standard InChI is InChI=1S/C17H27NO3/c1-12(14(20-5)13-10-8-7-9-11-13)18-15(16(19)21-6)17(2,3)4/h7-12,14-15,18H,1-6H3/t12-,14-,15+/m1/s1. The van der Waals surface area contributed by atoms with Crippen LogP contribution in [-0.4, -0.2) is 32.3 Å². The maximum Gasteiger partial charge on any atom is 0.323 e. The second kappa shape index (κ2) is 7.57. The maximum atomic E-state index is 12.0. The molecule has 0 aliphatic carbocycles. The van der Waals surface area contributed by atoms with Gasteiger partial charge in [0.15, 0.2) is 0 Å². The Labute approximate surface area is 127 Å². The lowest BCUT2D eigenvalue weighted by atomic mass is 9.85. The second-order valence-electron chi connectivity index (χ2n) is 6.34. The Hall–Kier alpha value is -1.39. The van der Waals surface area contributed by atoms with E-state index < -0.39 is 0 Å². The first-order chi connectivity index (χ1) is 9.81. The lowest BCUT2D eigenvalue weighted by molar-refractivity contribution is -0.146. The van der Waals surface area contributed by atoms with Crippen molar-refractivity contribution in [3.63, 3.8) is 0 Å². The van der Waals surface area contributed by atoms with E-state index in [-0.39, 0.29) is 29.6 Å². The monoisotopic (exact) mass is 293 g/mol. The van der Waals surface area contributed by atoms with Crippen molar-refractivity contribution in [1.82, 2.24) is 5.32 Å². The lowest BCUT2D eigenvalue weighted by Crippen LogP contribution is -2.52. The largest absolute Gasteiger partial charge is 0.468 e. The molecule has 0 aliphatic heterocycles. The number of carbonyl (C=O) groups excluding carboxylic acids is 1. The number of methoxy groups -OCH3 is 2. The Morgan fingerprint density at radius 1 is 1.14 bits per heavy atom. The van der Waals surface area contributed by atoms with E-state index in [0.29, 0.717) is 0 Å². The predicted molar refractivity (Wildman–Crippen MR) is 84.0 cm³/mol. The average Bonchev–Trinajstić information content (AvgIpc) is 2.44. The fourth-order valence-corrected chi connectivity index (χ4v) is 2.41. The molecular weight excluding hydrogens is 266 g/mol. The molecule has 4 nitrogen and oxygen atoms in total. The minimum atomic E-state index is -0.390. The first-order valence-corrected chi connectivity index (χ1v) is 7.23. The van der Waals surface area contributed by atoms with Crippen LogP contribution in [0.4, 0.5) is 0 Å². The number of nitrogens with one attached hydrogen (secondary N) is 1. The van der Waals surface area contributed by atoms with E-state index in [2.05, 4.69) is 5.32 Å². The zero-order chi connectivity index (χ0) is 16.0. The van der Waals surface area contributed by atoms with E-state index >= 15 is 0 Å². The third kappa shape index (κ3) is 4.83. The van der Waals surface area contributed by atoms with Gasteiger partial charge in [0.2, 0.25) is 0 Å². The Bertz CT molecular complexity index is 439. The average molecular weight is 293 g/mol. The van der Waals surface area contributed by atoms with Crippen LogP contribution in [0.1, 0.15) is 39.4 Å². The van der Waals surface area contributed by atoms with Gasteiger partial charge in [-0.25, -0.2) is 0 Å². The van der Waals surface area contributed by atoms with Gasteiger partial charge >= 0.3 is 5.97 Å². The number of ether oxygens (including phenoxy) is 2. The van der Waals surface area contributed by atoms with Gasteiger partial charge in [-0.2, -0.15) is 0 Å². The van der Waals surface area contributed by atoms with E-state index in [4.69, 9.17) is 9.47 Å². The number of hydrogen-bond acceptors (Lipinski definition) is 4. The summed E-state index contributed by atoms with van der Waals surface area (Å²) in [5, 5.41) is 3.36. The quantitative estimate of drug-likeness (QED) is 0.819. The van der Waals surface area contributed by atoms with E-state index in [0.717, 1.165) is 5.56 Å². The van der Waals surface area contributed by atoms with Crippen LogP contribution in [-0.2, 0) is 14.3 Å². The molecule has 118 valence electrons. The first-order valence-electron chi connectivity index (χ1n) is 7.23. The SMILES string of the molecule is COC(=O)[C@H](N[C@H](C)[C@@H](OC)c1ccccc1)C(C)(C)C. The van der Waals surface area contributed by atoms with Crippen LogP contribution in [0.5, 0.6) is 0 Å². The number of esters is 1. The summed E-state index contributed by atoms with van der Waals surface area (Å²) in [7, 11) is 3.10. The van der Waals surface area contributed by atoms with Crippen LogP contribution in [0.25, 0.3) is 0 Å². The topological polar surface area (TPSA) is 47.6 Å². The molecule has 1 N–H and O–H groups in total. The van der Waals surface area contributed by atoms with E-state index in [1.165, 1.54) is 7.11 Å². The molecular formula is C17H27NO3. The lowest BCUT2D eigenvalue weighted by Gasteiger charge is -2.34. The summed E-state index contributed by atoms with van der Waals surface area (Å²) >= 11 is 0. The normalized spacial score (nSPS) is 16.1. The highest BCUT2D eigenvalue weighted by Crippen LogP contribution is 2.25. The molecule has 0 radical (unpaired) electrons. The highest BCUT2D eigenvalue weighted by atomic mass is 16.5. The first kappa shape index (κ1) is 17.7. The van der Waals surface area contributed by atoms with Gasteiger partial charge in [-0.3, -0.25) is 10.1 Å². The Morgan fingerprint density at radius 3 is 2.14 bits per heavy atom. The van der Waals surface area contributed by atoms with Gasteiger partial charge in [0.1, 0.15) is 6.04 Å². The molecule has 0 fully saturated rings. The zero-order valence-electron chi connectivity index (χ0n) is 13.8. The Morgan fingerprint density at radius 2 is 1.71 bits per heavy atom. The summed E-state index contributed by atoms with van der Waals surface area (Å²) in [5.74, 6) is -0.253. The smallest absolute Gasteiger partial charge is 0.323 e. The van der Waals surface area contributed by atoms with Crippen LogP contribution in [0.3, 0.4) is 0 Å². The van der Waals surface area contributed by atoms with Crippen molar-refractivity contribution in [3.05, 3.63) is 35.9 Å². The summed E-state index contributed by atoms with van der Waals surface area (Å²) < 4.78 is 10.5. The van der Waals surface area contributed by atoms with Crippen LogP contribution in [0, 0.1) is 5.41 Å². The summed E-state index contributed by atoms with van der Waals surface area (Å²) in [6.45, 7) is 8.05. The van der Waals surface area contributed by atoms with Gasteiger partial charge in [-0.15, -0.1) is 0 Å². The number of carbonyl (C=O) groups is 1. The van der Waals surface area contributed by atoms with E-state index in [1.807, 2.05) is 58.0 Å². The van der Waals surface area contributed by atoms with Crippen molar-refractivity contribution in [2.75, 3.05) is 14.2 Å². The number of hydrogen-bond donors (Lipinski definition) is 1. The molecule has 0 heterocycles. The number of benzene rings is 1. The van der Waals surface area contributed by atoms with Gasteiger partial charge in [-0.1, -0.05) is 51.1 Å². The molecule has 3 atom stereocenters. The Balaban J connectivity index is 2.90. The number of rotatable bonds is 6. The van der Waals surface area contributed by atoms with Crippen molar-refractivity contribution in [2.45, 2.75) is 45.9 Å². The highest BCUT2D eigenvalue weighted by molar-refractivity contribution is 5.76. The van der Waals surface area contributed by atoms with Crippen LogP contribution >= 0.6 is 0 Å². The molecule has 0 unspecified atom stereocenters. The summed E-state index contributed by atoms with van der Waals surface area (Å²) in [5.41, 5.74) is 0.841. The van der Waals surface area contributed by atoms with Crippen LogP contribution in [0.2, 0.25) is 0 Å². The van der Waals surface area contributed by atoms with Gasteiger partial charge in [0, 0.05) is 13.2 Å². The van der Waals surface area contributed by atoms with E-state index in [1.54, 1.807) is 7.11 Å². The zero-order valence-corrected chi connectivity index (χ0v) is 13.8. The fraction of sp³-hybridized carbons (Fsp3) is 0.588. The summed E-state index contributed by atoms with van der Waals surface area (Å²) in [4.78, 5) is 12.0. The van der Waals surface area contributed by atoms with Gasteiger partial charge in [0.05, 0.1) is 13.2 Å². The third-order valence-electron chi connectivity index (χ3n) is 3.57. The molecule has 0 saturated heterocycles. The summed E-state index contributed by atoms with van der Waals surface area (Å²) in [6, 6.07) is 9.57. The fourth-order valence-electron chi connectivity index (χ4n) is 2.41. The van der Waals surface area contributed by atoms with Crippen molar-refractivity contribution in [1.29, 1.82) is 0 Å². The van der Waals surface area contributed by atoms with Gasteiger partial charge in [0.25, 0.3) is 0 Å². The molecule has 4 heteroatoms. The van der Waals surface area contributed by atoms with Gasteiger partial charge < -0.3 is 9.47 Å². The molecule has 21 heavy (non-hydrogen) atoms. The van der Waals surface area contributed by atoms with Crippen LogP contribution < -0.4 is 5.32 Å².